The average molecular weight is 409 g/mol. The number of benzene rings is 1. The number of anilines is 1. The number of nitrogen functional groups attached to an aromatic ring is 1. The van der Waals surface area contributed by atoms with Gasteiger partial charge in [-0.1, -0.05) is 17.7 Å². The molecule has 3 aromatic rings. The van der Waals surface area contributed by atoms with E-state index in [0.717, 1.165) is 6.07 Å². The molecule has 10 heteroatoms. The van der Waals surface area contributed by atoms with Crippen LogP contribution in [0.4, 0.5) is 10.2 Å². The lowest BCUT2D eigenvalue weighted by Gasteiger charge is -2.32. The SMILES string of the molecule is C[C@@](O)(c1ccc(Cl)c(F)c1)[C@H]1O[C@@H](n2ccc3c(N)ncnc32)C(O)[C@@H]1O. The second-order valence-electron chi connectivity index (χ2n) is 6.92. The molecular weight excluding hydrogens is 391 g/mol. The fourth-order valence-electron chi connectivity index (χ4n) is 3.53. The number of hydrogen-bond donors (Lipinski definition) is 4. The lowest BCUT2D eigenvalue weighted by atomic mass is 9.86. The summed E-state index contributed by atoms with van der Waals surface area (Å²) in [5.74, 6) is -0.454. The molecule has 0 radical (unpaired) electrons. The molecule has 1 aliphatic rings. The number of fused-ring (bicyclic) bond motifs is 1. The van der Waals surface area contributed by atoms with E-state index in [9.17, 15) is 19.7 Å². The van der Waals surface area contributed by atoms with Crippen molar-refractivity contribution in [3.8, 4) is 0 Å². The van der Waals surface area contributed by atoms with Crippen molar-refractivity contribution in [1.29, 1.82) is 0 Å². The van der Waals surface area contributed by atoms with Crippen LogP contribution < -0.4 is 5.73 Å². The summed E-state index contributed by atoms with van der Waals surface area (Å²) in [6.07, 6.45) is -2.25. The maximum Gasteiger partial charge on any atom is 0.164 e. The van der Waals surface area contributed by atoms with Gasteiger partial charge in [0.25, 0.3) is 0 Å². The molecule has 0 aliphatic carbocycles. The number of aromatic nitrogens is 3. The predicted molar refractivity (Wildman–Crippen MR) is 98.8 cm³/mol. The Hall–Kier alpha value is -2.30. The smallest absolute Gasteiger partial charge is 0.164 e. The highest BCUT2D eigenvalue weighted by Gasteiger charge is 2.52. The van der Waals surface area contributed by atoms with E-state index in [-0.39, 0.29) is 16.4 Å². The molecule has 1 aliphatic heterocycles. The Labute approximate surface area is 164 Å². The van der Waals surface area contributed by atoms with Crippen LogP contribution in [0.3, 0.4) is 0 Å². The molecule has 0 amide bonds. The molecule has 0 saturated carbocycles. The summed E-state index contributed by atoms with van der Waals surface area (Å²) in [5.41, 5.74) is 4.57. The Morgan fingerprint density at radius 1 is 1.25 bits per heavy atom. The third kappa shape index (κ3) is 2.83. The van der Waals surface area contributed by atoms with Crippen LogP contribution in [-0.2, 0) is 10.3 Å². The van der Waals surface area contributed by atoms with Crippen molar-refractivity contribution in [3.05, 3.63) is 53.2 Å². The molecular formula is C18H18ClFN4O4. The van der Waals surface area contributed by atoms with Crippen LogP contribution in [0.25, 0.3) is 11.0 Å². The zero-order valence-electron chi connectivity index (χ0n) is 14.7. The first-order valence-corrected chi connectivity index (χ1v) is 8.86. The molecule has 1 unspecified atom stereocenters. The minimum absolute atomic E-state index is 0.0959. The van der Waals surface area contributed by atoms with Gasteiger partial charge in [0.05, 0.1) is 10.4 Å². The normalized spacial score (nSPS) is 27.2. The number of ether oxygens (including phenoxy) is 1. The van der Waals surface area contributed by atoms with E-state index in [1.165, 1.54) is 30.0 Å². The zero-order valence-corrected chi connectivity index (χ0v) is 15.5. The van der Waals surface area contributed by atoms with E-state index in [1.54, 1.807) is 12.3 Å². The van der Waals surface area contributed by atoms with Gasteiger partial charge in [-0.2, -0.15) is 0 Å². The third-order valence-electron chi connectivity index (χ3n) is 5.11. The summed E-state index contributed by atoms with van der Waals surface area (Å²) in [4.78, 5) is 8.05. The van der Waals surface area contributed by atoms with Crippen LogP contribution in [0.15, 0.2) is 36.8 Å². The van der Waals surface area contributed by atoms with Crippen LogP contribution >= 0.6 is 11.6 Å². The summed E-state index contributed by atoms with van der Waals surface area (Å²) in [6, 6.07) is 5.46. The summed E-state index contributed by atoms with van der Waals surface area (Å²) >= 11 is 5.70. The molecule has 2 aromatic heterocycles. The van der Waals surface area contributed by atoms with Crippen molar-refractivity contribution in [2.75, 3.05) is 5.73 Å². The second-order valence-corrected chi connectivity index (χ2v) is 7.33. The molecule has 1 saturated heterocycles. The van der Waals surface area contributed by atoms with E-state index in [0.29, 0.717) is 11.0 Å². The largest absolute Gasteiger partial charge is 0.387 e. The number of aliphatic hydroxyl groups is 3. The third-order valence-corrected chi connectivity index (χ3v) is 5.42. The molecule has 0 spiro atoms. The van der Waals surface area contributed by atoms with Gasteiger partial charge in [0.1, 0.15) is 47.5 Å². The minimum atomic E-state index is -1.81. The average Bonchev–Trinajstić information content (AvgIpc) is 3.20. The van der Waals surface area contributed by atoms with Gasteiger partial charge in [-0.15, -0.1) is 0 Å². The molecule has 5 N–H and O–H groups in total. The predicted octanol–water partition coefficient (Wildman–Crippen LogP) is 1.33. The second kappa shape index (κ2) is 6.64. The number of nitrogens with two attached hydrogens (primary N) is 1. The standard InChI is InChI=1S/C18H18ClFN4O4/c1-18(27,8-2-3-10(19)11(20)6-8)14-12(25)13(26)17(28-14)24-5-4-9-15(21)22-7-23-16(9)24/h2-7,12-14,17,25-27H,1H3,(H2,21,22,23)/t12-,13?,14-,17+,18+/m0/s1. The van der Waals surface area contributed by atoms with Gasteiger partial charge in [0.2, 0.25) is 0 Å². The first-order chi connectivity index (χ1) is 13.2. The molecule has 5 atom stereocenters. The van der Waals surface area contributed by atoms with Gasteiger partial charge < -0.3 is 30.4 Å². The molecule has 1 aromatic carbocycles. The highest BCUT2D eigenvalue weighted by Crippen LogP contribution is 2.41. The van der Waals surface area contributed by atoms with Gasteiger partial charge in [0, 0.05) is 6.20 Å². The topological polar surface area (TPSA) is 127 Å². The first kappa shape index (κ1) is 19.0. The van der Waals surface area contributed by atoms with Crippen molar-refractivity contribution in [2.24, 2.45) is 0 Å². The lowest BCUT2D eigenvalue weighted by molar-refractivity contribution is -0.135. The maximum absolute atomic E-state index is 13.9. The van der Waals surface area contributed by atoms with Crippen LogP contribution in [0.2, 0.25) is 5.02 Å². The van der Waals surface area contributed by atoms with E-state index >= 15 is 0 Å². The van der Waals surface area contributed by atoms with Crippen molar-refractivity contribution < 1.29 is 24.4 Å². The van der Waals surface area contributed by atoms with Gasteiger partial charge in [0.15, 0.2) is 6.23 Å². The maximum atomic E-state index is 13.9. The van der Waals surface area contributed by atoms with Crippen LogP contribution in [0.1, 0.15) is 18.7 Å². The monoisotopic (exact) mass is 408 g/mol. The fraction of sp³-hybridized carbons (Fsp3) is 0.333. The molecule has 148 valence electrons. The van der Waals surface area contributed by atoms with Gasteiger partial charge in [-0.25, -0.2) is 14.4 Å². The van der Waals surface area contributed by atoms with E-state index < -0.39 is 36.0 Å². The summed E-state index contributed by atoms with van der Waals surface area (Å²) in [7, 11) is 0. The van der Waals surface area contributed by atoms with Crippen molar-refractivity contribution >= 4 is 28.5 Å². The van der Waals surface area contributed by atoms with Gasteiger partial charge in [-0.3, -0.25) is 0 Å². The summed E-state index contributed by atoms with van der Waals surface area (Å²) < 4.78 is 21.2. The van der Waals surface area contributed by atoms with Crippen molar-refractivity contribution in [2.45, 2.75) is 37.1 Å². The van der Waals surface area contributed by atoms with E-state index in [4.69, 9.17) is 22.1 Å². The highest BCUT2D eigenvalue weighted by atomic mass is 35.5. The number of nitrogens with zero attached hydrogens (tertiary/aromatic N) is 3. The Morgan fingerprint density at radius 2 is 2.00 bits per heavy atom. The zero-order chi connectivity index (χ0) is 20.2. The first-order valence-electron chi connectivity index (χ1n) is 8.48. The van der Waals surface area contributed by atoms with Crippen LogP contribution in [0.5, 0.6) is 0 Å². The fourth-order valence-corrected chi connectivity index (χ4v) is 3.64. The number of halogens is 2. The molecule has 4 rings (SSSR count). The lowest BCUT2D eigenvalue weighted by Crippen LogP contribution is -2.45. The van der Waals surface area contributed by atoms with Crippen LogP contribution in [-0.4, -0.2) is 48.2 Å². The molecule has 3 heterocycles. The highest BCUT2D eigenvalue weighted by molar-refractivity contribution is 6.30. The Morgan fingerprint density at radius 3 is 2.71 bits per heavy atom. The Kier molecular flexibility index (Phi) is 4.52. The van der Waals surface area contributed by atoms with Gasteiger partial charge >= 0.3 is 0 Å². The molecule has 1 fully saturated rings. The van der Waals surface area contributed by atoms with Crippen molar-refractivity contribution in [3.63, 3.8) is 0 Å². The quantitative estimate of drug-likeness (QED) is 0.515. The Bertz CT molecular complexity index is 1040. The van der Waals surface area contributed by atoms with Gasteiger partial charge in [-0.05, 0) is 30.7 Å². The van der Waals surface area contributed by atoms with Crippen molar-refractivity contribution in [1.82, 2.24) is 14.5 Å². The molecule has 0 bridgehead atoms. The van der Waals surface area contributed by atoms with E-state index in [2.05, 4.69) is 9.97 Å². The number of hydrogen-bond acceptors (Lipinski definition) is 7. The summed E-state index contributed by atoms with van der Waals surface area (Å²) in [5, 5.41) is 32.6. The van der Waals surface area contributed by atoms with E-state index in [1.807, 2.05) is 0 Å². The number of aliphatic hydroxyl groups excluding tert-OH is 2. The number of rotatable bonds is 3. The summed E-state index contributed by atoms with van der Waals surface area (Å²) in [6.45, 7) is 1.37. The molecule has 8 nitrogen and oxygen atoms in total. The Balaban J connectivity index is 1.71. The van der Waals surface area contributed by atoms with Crippen LogP contribution in [0, 0.1) is 5.82 Å². The molecule has 28 heavy (non-hydrogen) atoms. The minimum Gasteiger partial charge on any atom is -0.387 e.